The minimum atomic E-state index is -0.255. The summed E-state index contributed by atoms with van der Waals surface area (Å²) in [5.41, 5.74) is 2.56. The highest BCUT2D eigenvalue weighted by Crippen LogP contribution is 2.21. The molecule has 8 nitrogen and oxygen atoms in total. The second kappa shape index (κ2) is 10.1. The lowest BCUT2D eigenvalue weighted by Crippen LogP contribution is -2.36. The molecule has 32 heavy (non-hydrogen) atoms. The van der Waals surface area contributed by atoms with Gasteiger partial charge in [-0.25, -0.2) is 0 Å². The molecule has 3 aromatic rings. The summed E-state index contributed by atoms with van der Waals surface area (Å²) < 4.78 is 12.3. The summed E-state index contributed by atoms with van der Waals surface area (Å²) in [6.07, 6.45) is 0.684. The Morgan fingerprint density at radius 1 is 1.22 bits per heavy atom. The fraction of sp³-hybridized carbons (Fsp3) is 0.348. The Balaban J connectivity index is 1.55. The normalized spacial score (nSPS) is 14.0. The molecule has 0 saturated carbocycles. The van der Waals surface area contributed by atoms with Crippen molar-refractivity contribution in [2.24, 2.45) is 0 Å². The fourth-order valence-corrected chi connectivity index (χ4v) is 4.06. The molecule has 2 aromatic carbocycles. The fourth-order valence-electron chi connectivity index (χ4n) is 3.77. The second-order valence-electron chi connectivity index (χ2n) is 7.60. The van der Waals surface area contributed by atoms with Crippen molar-refractivity contribution in [1.29, 1.82) is 0 Å². The first-order valence-corrected chi connectivity index (χ1v) is 11.0. The number of ether oxygens (including phenoxy) is 2. The Labute approximate surface area is 190 Å². The zero-order chi connectivity index (χ0) is 22.5. The Morgan fingerprint density at radius 2 is 2.03 bits per heavy atom. The third-order valence-electron chi connectivity index (χ3n) is 5.45. The molecule has 0 bridgehead atoms. The molecule has 1 saturated heterocycles. The molecule has 2 N–H and O–H groups in total. The third-order valence-corrected chi connectivity index (χ3v) is 5.78. The molecule has 2 heterocycles. The van der Waals surface area contributed by atoms with Crippen LogP contribution in [-0.4, -0.2) is 55.5 Å². The monoisotopic (exact) mass is 454 g/mol. The van der Waals surface area contributed by atoms with Crippen molar-refractivity contribution in [3.05, 3.63) is 63.2 Å². The molecule has 1 aromatic heterocycles. The molecule has 0 spiro atoms. The topological polar surface area (TPSA) is 88.6 Å². The quantitative estimate of drug-likeness (QED) is 0.421. The van der Waals surface area contributed by atoms with Gasteiger partial charge in [0, 0.05) is 50.3 Å². The number of carbonyl (C=O) groups is 1. The molecule has 0 atom stereocenters. The number of carbonyl (C=O) groups excluding carboxylic acids is 1. The van der Waals surface area contributed by atoms with E-state index in [4.69, 9.17) is 21.7 Å². The highest BCUT2D eigenvalue weighted by Gasteiger charge is 2.14. The number of hydrogen-bond donors (Lipinski definition) is 2. The van der Waals surface area contributed by atoms with Gasteiger partial charge in [-0.15, -0.1) is 0 Å². The minimum absolute atomic E-state index is 0.176. The van der Waals surface area contributed by atoms with Crippen molar-refractivity contribution in [2.45, 2.75) is 13.0 Å². The highest BCUT2D eigenvalue weighted by atomic mass is 32.1. The lowest BCUT2D eigenvalue weighted by atomic mass is 10.1. The predicted octanol–water partition coefficient (Wildman–Crippen LogP) is 3.18. The van der Waals surface area contributed by atoms with Crippen LogP contribution in [0.2, 0.25) is 0 Å². The van der Waals surface area contributed by atoms with Gasteiger partial charge >= 0.3 is 0 Å². The summed E-state index contributed by atoms with van der Waals surface area (Å²) in [6, 6.07) is 12.7. The van der Waals surface area contributed by atoms with E-state index in [2.05, 4.69) is 15.2 Å². The Hall–Kier alpha value is -3.01. The standard InChI is InChI=1S/C23H26N4O4S/c1-30-11-3-8-27-22(29)19-7-6-16(14-20(19)25-23(27)32)21(28)24-17-4-2-5-18(15-17)26-9-12-31-13-10-26/h2,4-7,14-15H,3,8-13H2,1H3,(H,24,28)(H,25,32). The average Bonchev–Trinajstić information content (AvgIpc) is 2.81. The van der Waals surface area contributed by atoms with Crippen LogP contribution in [0.4, 0.5) is 11.4 Å². The summed E-state index contributed by atoms with van der Waals surface area (Å²) in [5, 5.41) is 3.43. The smallest absolute Gasteiger partial charge is 0.262 e. The van der Waals surface area contributed by atoms with Crippen molar-refractivity contribution >= 4 is 40.4 Å². The van der Waals surface area contributed by atoms with Gasteiger partial charge in [-0.2, -0.15) is 0 Å². The largest absolute Gasteiger partial charge is 0.385 e. The van der Waals surface area contributed by atoms with Crippen molar-refractivity contribution in [3.8, 4) is 0 Å². The number of aromatic amines is 1. The molecule has 0 aliphatic carbocycles. The van der Waals surface area contributed by atoms with Crippen LogP contribution >= 0.6 is 12.2 Å². The number of H-pyrrole nitrogens is 1. The van der Waals surface area contributed by atoms with E-state index in [1.54, 1.807) is 25.3 Å². The molecule has 168 valence electrons. The third kappa shape index (κ3) is 4.90. The van der Waals surface area contributed by atoms with Gasteiger partial charge in [0.25, 0.3) is 11.5 Å². The number of methoxy groups -OCH3 is 1. The van der Waals surface area contributed by atoms with Crippen LogP contribution in [0.3, 0.4) is 0 Å². The molecule has 9 heteroatoms. The zero-order valence-electron chi connectivity index (χ0n) is 17.9. The number of aromatic nitrogens is 2. The van der Waals surface area contributed by atoms with Gasteiger partial charge in [0.15, 0.2) is 4.77 Å². The zero-order valence-corrected chi connectivity index (χ0v) is 18.7. The van der Waals surface area contributed by atoms with E-state index >= 15 is 0 Å². The van der Waals surface area contributed by atoms with Crippen molar-refractivity contribution in [1.82, 2.24) is 9.55 Å². The van der Waals surface area contributed by atoms with Gasteiger partial charge in [-0.3, -0.25) is 14.2 Å². The Kier molecular flexibility index (Phi) is 6.99. The lowest BCUT2D eigenvalue weighted by molar-refractivity contribution is 0.102. The van der Waals surface area contributed by atoms with E-state index in [0.29, 0.717) is 59.7 Å². The maximum absolute atomic E-state index is 12.9. The van der Waals surface area contributed by atoms with Crippen LogP contribution in [0, 0.1) is 4.77 Å². The van der Waals surface area contributed by atoms with E-state index in [9.17, 15) is 9.59 Å². The number of benzene rings is 2. The van der Waals surface area contributed by atoms with E-state index in [1.165, 1.54) is 4.57 Å². The summed E-state index contributed by atoms with van der Waals surface area (Å²) >= 11 is 5.36. The second-order valence-corrected chi connectivity index (χ2v) is 7.98. The number of fused-ring (bicyclic) bond motifs is 1. The number of nitrogens with zero attached hydrogens (tertiary/aromatic N) is 2. The first kappa shape index (κ1) is 22.2. The molecular formula is C23H26N4O4S. The maximum Gasteiger partial charge on any atom is 0.262 e. The van der Waals surface area contributed by atoms with Gasteiger partial charge in [-0.05, 0) is 55.0 Å². The first-order chi connectivity index (χ1) is 15.6. The number of anilines is 2. The first-order valence-electron chi connectivity index (χ1n) is 10.6. The van der Waals surface area contributed by atoms with Crippen LogP contribution in [0.1, 0.15) is 16.8 Å². The number of rotatable bonds is 7. The maximum atomic E-state index is 12.9. The Bertz CT molecular complexity index is 1230. The summed E-state index contributed by atoms with van der Waals surface area (Å²) in [4.78, 5) is 31.0. The number of amides is 1. The van der Waals surface area contributed by atoms with E-state index in [1.807, 2.05) is 24.3 Å². The van der Waals surface area contributed by atoms with Gasteiger partial charge in [0.05, 0.1) is 24.1 Å². The predicted molar refractivity (Wildman–Crippen MR) is 127 cm³/mol. The number of morpholine rings is 1. The van der Waals surface area contributed by atoms with Crippen molar-refractivity contribution in [2.75, 3.05) is 50.2 Å². The highest BCUT2D eigenvalue weighted by molar-refractivity contribution is 7.71. The number of hydrogen-bond acceptors (Lipinski definition) is 6. The Morgan fingerprint density at radius 3 is 2.81 bits per heavy atom. The molecule has 4 rings (SSSR count). The molecule has 0 radical (unpaired) electrons. The van der Waals surface area contributed by atoms with Gasteiger partial charge in [0.2, 0.25) is 0 Å². The molecule has 0 unspecified atom stereocenters. The van der Waals surface area contributed by atoms with Crippen LogP contribution < -0.4 is 15.8 Å². The molecule has 1 amide bonds. The molecule has 1 fully saturated rings. The summed E-state index contributed by atoms with van der Waals surface area (Å²) in [6.45, 7) is 4.06. The van der Waals surface area contributed by atoms with Gasteiger partial charge in [-0.1, -0.05) is 6.07 Å². The molecular weight excluding hydrogens is 428 g/mol. The average molecular weight is 455 g/mol. The lowest BCUT2D eigenvalue weighted by Gasteiger charge is -2.29. The van der Waals surface area contributed by atoms with E-state index in [-0.39, 0.29) is 11.5 Å². The molecule has 1 aliphatic heterocycles. The van der Waals surface area contributed by atoms with Crippen LogP contribution in [0.5, 0.6) is 0 Å². The van der Waals surface area contributed by atoms with Crippen LogP contribution in [0.25, 0.3) is 10.9 Å². The minimum Gasteiger partial charge on any atom is -0.385 e. The van der Waals surface area contributed by atoms with Gasteiger partial charge < -0.3 is 24.7 Å². The summed E-state index contributed by atoms with van der Waals surface area (Å²) in [7, 11) is 1.62. The van der Waals surface area contributed by atoms with Crippen LogP contribution in [-0.2, 0) is 16.0 Å². The van der Waals surface area contributed by atoms with Crippen molar-refractivity contribution in [3.63, 3.8) is 0 Å². The van der Waals surface area contributed by atoms with Gasteiger partial charge in [0.1, 0.15) is 0 Å². The van der Waals surface area contributed by atoms with Crippen molar-refractivity contribution < 1.29 is 14.3 Å². The SMILES string of the molecule is COCCCn1c(=S)[nH]c2cc(C(=O)Nc3cccc(N4CCOCC4)c3)ccc2c1=O. The van der Waals surface area contributed by atoms with E-state index in [0.717, 1.165) is 18.8 Å². The number of nitrogens with one attached hydrogen (secondary N) is 2. The summed E-state index contributed by atoms with van der Waals surface area (Å²) in [5.74, 6) is -0.255. The van der Waals surface area contributed by atoms with Crippen LogP contribution in [0.15, 0.2) is 47.3 Å². The molecule has 1 aliphatic rings. The van der Waals surface area contributed by atoms with E-state index < -0.39 is 0 Å².